The molecule has 63 heavy (non-hydrogen) atoms. The first-order valence-electron chi connectivity index (χ1n) is 20.9. The Hall–Kier alpha value is -6.65. The highest BCUT2D eigenvalue weighted by molar-refractivity contribution is 7.89. The van der Waals surface area contributed by atoms with Gasteiger partial charge in [0.15, 0.2) is 11.6 Å². The number of rotatable bonds is 17. The summed E-state index contributed by atoms with van der Waals surface area (Å²) in [6.45, 7) is 13.3. The van der Waals surface area contributed by atoms with E-state index in [9.17, 15) is 27.6 Å². The van der Waals surface area contributed by atoms with Gasteiger partial charge in [-0.15, -0.1) is 0 Å². The summed E-state index contributed by atoms with van der Waals surface area (Å²) in [6, 6.07) is 21.3. The summed E-state index contributed by atoms with van der Waals surface area (Å²) in [5.41, 5.74) is 6.19. The molecule has 2 aromatic carbocycles. The number of carbonyl (C=O) groups excluding carboxylic acids is 2. The number of nitrogens with zero attached hydrogens (tertiary/aromatic N) is 5. The summed E-state index contributed by atoms with van der Waals surface area (Å²) in [5, 5.41) is 5.74. The molecule has 0 saturated carbocycles. The van der Waals surface area contributed by atoms with Crippen molar-refractivity contribution in [2.75, 3.05) is 23.7 Å². The van der Waals surface area contributed by atoms with Crippen LogP contribution in [0.4, 0.5) is 11.4 Å². The summed E-state index contributed by atoms with van der Waals surface area (Å²) >= 11 is 0. The summed E-state index contributed by atoms with van der Waals surface area (Å²) in [6.07, 6.45) is 2.28. The van der Waals surface area contributed by atoms with Gasteiger partial charge in [-0.25, -0.2) is 23.4 Å². The van der Waals surface area contributed by atoms with Crippen LogP contribution >= 0.6 is 0 Å². The van der Waals surface area contributed by atoms with E-state index in [-0.39, 0.29) is 78.8 Å². The first kappa shape index (κ1) is 45.9. The van der Waals surface area contributed by atoms with Crippen LogP contribution in [0.2, 0.25) is 0 Å². The number of H-pyrrole nitrogens is 2. The lowest BCUT2D eigenvalue weighted by molar-refractivity contribution is -0.117. The maximum Gasteiger partial charge on any atom is 0.254 e. The van der Waals surface area contributed by atoms with E-state index in [2.05, 4.69) is 49.4 Å². The van der Waals surface area contributed by atoms with Gasteiger partial charge in [-0.3, -0.25) is 24.2 Å². The first-order valence-corrected chi connectivity index (χ1v) is 22.4. The molecule has 4 heterocycles. The maximum absolute atomic E-state index is 14.1. The van der Waals surface area contributed by atoms with E-state index in [4.69, 9.17) is 4.98 Å². The van der Waals surface area contributed by atoms with Crippen LogP contribution in [0.15, 0.2) is 93.5 Å². The van der Waals surface area contributed by atoms with Crippen molar-refractivity contribution in [1.29, 1.82) is 0 Å². The van der Waals surface area contributed by atoms with Crippen LogP contribution in [0, 0.1) is 27.7 Å². The second-order valence-corrected chi connectivity index (χ2v) is 17.7. The molecule has 0 atom stereocenters. The van der Waals surface area contributed by atoms with Crippen LogP contribution in [0.5, 0.6) is 0 Å². The van der Waals surface area contributed by atoms with Crippen molar-refractivity contribution in [3.8, 4) is 23.0 Å². The monoisotopic (exact) mass is 871 g/mol. The topological polar surface area (TPSA) is 213 Å². The summed E-state index contributed by atoms with van der Waals surface area (Å²) < 4.78 is 29.5. The average Bonchev–Trinajstić information content (AvgIpc) is 3.25. The average molecular weight is 872 g/mol. The Labute approximate surface area is 367 Å². The highest BCUT2D eigenvalue weighted by Crippen LogP contribution is 2.27. The lowest BCUT2D eigenvalue weighted by Gasteiger charge is -2.22. The number of nitrogens with one attached hydrogen (secondary N) is 4. The first-order chi connectivity index (χ1) is 30.0. The number of aromatic amines is 2. The zero-order valence-corrected chi connectivity index (χ0v) is 37.4. The third kappa shape index (κ3) is 11.2. The SMILES string of the molecule is CCN(CCc1cccc(-c2nc(C)c(CCC(=O)Nc3ccc(C(C)C)cc3)c(=O)[nH]2)n1)S(=O)(=O)c1cc(C)c(C)c(NC(=O)CCc2c(C)nc(-c3ccccn3)[nH]c2=O)c1. The van der Waals surface area contributed by atoms with Crippen molar-refractivity contribution in [3.63, 3.8) is 0 Å². The van der Waals surface area contributed by atoms with E-state index < -0.39 is 10.0 Å². The minimum Gasteiger partial charge on any atom is -0.326 e. The van der Waals surface area contributed by atoms with Crippen LogP contribution in [0.3, 0.4) is 0 Å². The number of anilines is 2. The zero-order valence-electron chi connectivity index (χ0n) is 36.6. The van der Waals surface area contributed by atoms with Gasteiger partial charge >= 0.3 is 0 Å². The molecule has 6 aromatic rings. The summed E-state index contributed by atoms with van der Waals surface area (Å²) in [7, 11) is -4.02. The molecule has 4 N–H and O–H groups in total. The van der Waals surface area contributed by atoms with Gasteiger partial charge in [0, 0.05) is 78.1 Å². The molecule has 6 rings (SSSR count). The van der Waals surface area contributed by atoms with Gasteiger partial charge in [0.05, 0.1) is 4.90 Å². The Kier molecular flexibility index (Phi) is 14.6. The number of hydrogen-bond donors (Lipinski definition) is 4. The highest BCUT2D eigenvalue weighted by atomic mass is 32.2. The van der Waals surface area contributed by atoms with Crippen molar-refractivity contribution in [2.24, 2.45) is 0 Å². The molecule has 0 saturated heterocycles. The molecule has 0 radical (unpaired) electrons. The van der Waals surface area contributed by atoms with Gasteiger partial charge in [0.2, 0.25) is 21.8 Å². The number of aryl methyl sites for hydroxylation is 3. The molecule has 15 nitrogen and oxygen atoms in total. The van der Waals surface area contributed by atoms with E-state index in [0.717, 1.165) is 0 Å². The van der Waals surface area contributed by atoms with Crippen LogP contribution < -0.4 is 21.8 Å². The number of sulfonamides is 1. The Morgan fingerprint density at radius 1 is 0.730 bits per heavy atom. The van der Waals surface area contributed by atoms with Crippen molar-refractivity contribution in [2.45, 2.75) is 91.4 Å². The van der Waals surface area contributed by atoms with Crippen LogP contribution in [-0.4, -0.2) is 67.5 Å². The number of pyridine rings is 2. The zero-order chi connectivity index (χ0) is 45.4. The molecule has 2 amide bonds. The summed E-state index contributed by atoms with van der Waals surface area (Å²) in [5.74, 6) is 0.391. The smallest absolute Gasteiger partial charge is 0.254 e. The van der Waals surface area contributed by atoms with Crippen molar-refractivity contribution < 1.29 is 18.0 Å². The third-order valence-electron chi connectivity index (χ3n) is 11.0. The molecule has 0 aliphatic carbocycles. The van der Waals surface area contributed by atoms with Crippen molar-refractivity contribution in [3.05, 3.63) is 145 Å². The fourth-order valence-corrected chi connectivity index (χ4v) is 8.67. The molecule has 0 unspecified atom stereocenters. The molecule has 16 heteroatoms. The predicted octanol–water partition coefficient (Wildman–Crippen LogP) is 6.73. The largest absolute Gasteiger partial charge is 0.326 e. The van der Waals surface area contributed by atoms with E-state index in [0.29, 0.717) is 73.8 Å². The van der Waals surface area contributed by atoms with Gasteiger partial charge < -0.3 is 20.6 Å². The second-order valence-electron chi connectivity index (χ2n) is 15.7. The molecule has 0 bridgehead atoms. The number of likely N-dealkylation sites (N-methyl/N-ethyl adjacent to an activating group) is 1. The Morgan fingerprint density at radius 2 is 1.33 bits per heavy atom. The normalized spacial score (nSPS) is 11.6. The van der Waals surface area contributed by atoms with Gasteiger partial charge in [-0.1, -0.05) is 45.0 Å². The number of carbonyl (C=O) groups is 2. The standard InChI is InChI=1S/C47H53N9O6S/c1-8-56(25-23-34-12-11-14-40(51-34)45-50-32(7)37(47(60)55-45)19-21-42(57)52-35-17-15-33(16-18-35)28(2)3)63(61,62)36-26-29(4)30(5)41(27-36)53-43(58)22-20-38-31(6)49-44(54-46(38)59)39-13-9-10-24-48-39/h9-18,24,26-28H,8,19-23,25H2,1-7H3,(H,52,57)(H,53,58)(H,49,54,59)(H,50,55,60). The van der Waals surface area contributed by atoms with Crippen LogP contribution in [-0.2, 0) is 38.9 Å². The minimum absolute atomic E-state index is 0.0289. The Balaban J connectivity index is 1.08. The second kappa shape index (κ2) is 20.0. The number of amides is 2. The number of aromatic nitrogens is 6. The number of hydrogen-bond acceptors (Lipinski definition) is 10. The Morgan fingerprint density at radius 3 is 1.90 bits per heavy atom. The molecule has 4 aromatic heterocycles. The highest BCUT2D eigenvalue weighted by Gasteiger charge is 2.25. The van der Waals surface area contributed by atoms with E-state index in [1.54, 1.807) is 83.3 Å². The molecular weight excluding hydrogens is 819 g/mol. The van der Waals surface area contributed by atoms with Gasteiger partial charge in [0.25, 0.3) is 11.1 Å². The molecule has 0 fully saturated rings. The van der Waals surface area contributed by atoms with E-state index in [1.807, 2.05) is 24.3 Å². The lowest BCUT2D eigenvalue weighted by Crippen LogP contribution is -2.33. The van der Waals surface area contributed by atoms with E-state index in [1.165, 1.54) is 15.9 Å². The maximum atomic E-state index is 14.1. The molecule has 0 aliphatic heterocycles. The third-order valence-corrected chi connectivity index (χ3v) is 12.9. The van der Waals surface area contributed by atoms with Crippen molar-refractivity contribution in [1.82, 2.24) is 34.2 Å². The quantitative estimate of drug-likeness (QED) is 0.0759. The molecule has 328 valence electrons. The van der Waals surface area contributed by atoms with Gasteiger partial charge in [-0.05, 0) is 112 Å². The Bertz CT molecular complexity index is 2860. The molecule has 0 aliphatic rings. The van der Waals surface area contributed by atoms with Crippen LogP contribution in [0.1, 0.15) is 84.4 Å². The van der Waals surface area contributed by atoms with Gasteiger partial charge in [0.1, 0.15) is 11.4 Å². The van der Waals surface area contributed by atoms with E-state index >= 15 is 0 Å². The fraction of sp³-hybridized carbons (Fsp3) is 0.319. The lowest BCUT2D eigenvalue weighted by atomic mass is 10.0. The van der Waals surface area contributed by atoms with Crippen molar-refractivity contribution >= 4 is 33.2 Å². The fourth-order valence-electron chi connectivity index (χ4n) is 7.11. The molecular formula is C47H53N9O6S. The van der Waals surface area contributed by atoms with Crippen LogP contribution in [0.25, 0.3) is 23.0 Å². The van der Waals surface area contributed by atoms with Gasteiger partial charge in [-0.2, -0.15) is 4.31 Å². The molecule has 0 spiro atoms. The predicted molar refractivity (Wildman–Crippen MR) is 244 cm³/mol. The summed E-state index contributed by atoms with van der Waals surface area (Å²) in [4.78, 5) is 75.7. The number of benzene rings is 2. The minimum atomic E-state index is -4.02.